The molecule has 0 saturated carbocycles. The van der Waals surface area contributed by atoms with Crippen molar-refractivity contribution < 1.29 is 19.2 Å². The maximum Gasteiger partial charge on any atom is 0.258 e. The highest BCUT2D eigenvalue weighted by Gasteiger charge is 2.26. The molecule has 2 saturated heterocycles. The van der Waals surface area contributed by atoms with Crippen LogP contribution in [0.25, 0.3) is 5.57 Å². The van der Waals surface area contributed by atoms with Crippen molar-refractivity contribution in [1.82, 2.24) is 20.1 Å². The van der Waals surface area contributed by atoms with E-state index in [1.807, 2.05) is 17.0 Å². The Kier molecular flexibility index (Phi) is 6.29. The largest absolute Gasteiger partial charge is 0.357 e. The number of piperazine rings is 1. The van der Waals surface area contributed by atoms with Gasteiger partial charge < -0.3 is 14.7 Å². The second-order valence-electron chi connectivity index (χ2n) is 8.26. The molecule has 9 heteroatoms. The van der Waals surface area contributed by atoms with Crippen molar-refractivity contribution in [2.24, 2.45) is 5.92 Å². The number of pyridine rings is 1. The first-order valence-electron chi connectivity index (χ1n) is 10.8. The molecule has 4 amide bonds. The van der Waals surface area contributed by atoms with E-state index >= 15 is 0 Å². The van der Waals surface area contributed by atoms with Gasteiger partial charge in [0.2, 0.25) is 18.2 Å². The Labute approximate surface area is 181 Å². The van der Waals surface area contributed by atoms with Crippen molar-refractivity contribution in [3.05, 3.63) is 30.0 Å². The summed E-state index contributed by atoms with van der Waals surface area (Å²) in [6, 6.07) is 3.76. The van der Waals surface area contributed by atoms with Crippen LogP contribution in [0, 0.1) is 5.92 Å². The SMILES string of the molecule is O=CN1CCN(C(=O)CC2CCN(c3ccc(C4=CCC(=O)NC4=O)cn3)CC2)CC1. The lowest BCUT2D eigenvalue weighted by molar-refractivity contribution is -0.136. The molecule has 0 bridgehead atoms. The molecule has 0 spiro atoms. The number of nitrogens with zero attached hydrogens (tertiary/aromatic N) is 4. The summed E-state index contributed by atoms with van der Waals surface area (Å²) in [6.45, 7) is 4.14. The zero-order chi connectivity index (χ0) is 21.8. The normalized spacial score (nSPS) is 20.4. The highest BCUT2D eigenvalue weighted by Crippen LogP contribution is 2.26. The van der Waals surface area contributed by atoms with Crippen molar-refractivity contribution in [3.63, 3.8) is 0 Å². The van der Waals surface area contributed by atoms with Crippen LogP contribution in [0.2, 0.25) is 0 Å². The first-order valence-corrected chi connectivity index (χ1v) is 10.8. The molecule has 0 aromatic carbocycles. The monoisotopic (exact) mass is 425 g/mol. The van der Waals surface area contributed by atoms with Crippen molar-refractivity contribution in [2.45, 2.75) is 25.7 Å². The molecule has 4 heterocycles. The fraction of sp³-hybridized carbons (Fsp3) is 0.500. The first kappa shape index (κ1) is 21.0. The van der Waals surface area contributed by atoms with E-state index in [4.69, 9.17) is 0 Å². The van der Waals surface area contributed by atoms with E-state index in [0.717, 1.165) is 38.2 Å². The highest BCUT2D eigenvalue weighted by molar-refractivity contribution is 6.26. The van der Waals surface area contributed by atoms with Crippen LogP contribution in [0.4, 0.5) is 5.82 Å². The van der Waals surface area contributed by atoms with E-state index in [1.165, 1.54) is 0 Å². The third-order valence-corrected chi connectivity index (χ3v) is 6.27. The fourth-order valence-corrected chi connectivity index (χ4v) is 4.33. The van der Waals surface area contributed by atoms with Gasteiger partial charge in [-0.3, -0.25) is 24.5 Å². The second kappa shape index (κ2) is 9.28. The summed E-state index contributed by atoms with van der Waals surface area (Å²) < 4.78 is 0. The molecule has 1 aromatic rings. The number of piperidine rings is 1. The van der Waals surface area contributed by atoms with Crippen LogP contribution in [0.15, 0.2) is 24.4 Å². The predicted molar refractivity (Wildman–Crippen MR) is 114 cm³/mol. The molecule has 1 aromatic heterocycles. The third-order valence-electron chi connectivity index (χ3n) is 6.27. The Morgan fingerprint density at radius 2 is 1.84 bits per heavy atom. The molecular weight excluding hydrogens is 398 g/mol. The maximum absolute atomic E-state index is 12.6. The summed E-state index contributed by atoms with van der Waals surface area (Å²) in [7, 11) is 0. The molecular formula is C22H27N5O4. The van der Waals surface area contributed by atoms with E-state index < -0.39 is 0 Å². The average Bonchev–Trinajstić information content (AvgIpc) is 2.80. The van der Waals surface area contributed by atoms with E-state index in [9.17, 15) is 19.2 Å². The van der Waals surface area contributed by atoms with Gasteiger partial charge in [0.15, 0.2) is 0 Å². The highest BCUT2D eigenvalue weighted by atomic mass is 16.2. The molecule has 0 unspecified atom stereocenters. The van der Waals surface area contributed by atoms with Gasteiger partial charge in [0, 0.05) is 69.4 Å². The Hall–Kier alpha value is -3.23. The summed E-state index contributed by atoms with van der Waals surface area (Å²) in [6.07, 6.45) is 6.77. The molecule has 1 N–H and O–H groups in total. The molecule has 0 atom stereocenters. The lowest BCUT2D eigenvalue weighted by Crippen LogP contribution is -2.48. The third kappa shape index (κ3) is 4.92. The number of imide groups is 1. The topological polar surface area (TPSA) is 103 Å². The number of carbonyl (C=O) groups excluding carboxylic acids is 4. The summed E-state index contributed by atoms with van der Waals surface area (Å²) in [4.78, 5) is 56.9. The second-order valence-corrected chi connectivity index (χ2v) is 8.26. The van der Waals surface area contributed by atoms with E-state index in [-0.39, 0.29) is 24.1 Å². The van der Waals surface area contributed by atoms with Crippen LogP contribution in [0.3, 0.4) is 0 Å². The van der Waals surface area contributed by atoms with Crippen LogP contribution in [0.1, 0.15) is 31.2 Å². The number of hydrogen-bond acceptors (Lipinski definition) is 6. The number of hydrogen-bond donors (Lipinski definition) is 1. The smallest absolute Gasteiger partial charge is 0.258 e. The van der Waals surface area contributed by atoms with Crippen LogP contribution in [-0.4, -0.2) is 78.2 Å². The minimum absolute atomic E-state index is 0.184. The molecule has 4 rings (SSSR count). The molecule has 3 aliphatic rings. The summed E-state index contributed by atoms with van der Waals surface area (Å²) in [5.74, 6) is 0.725. The number of anilines is 1. The molecule has 31 heavy (non-hydrogen) atoms. The fourth-order valence-electron chi connectivity index (χ4n) is 4.33. The Morgan fingerprint density at radius 3 is 2.45 bits per heavy atom. The van der Waals surface area contributed by atoms with Gasteiger partial charge in [-0.05, 0) is 30.9 Å². The lowest BCUT2D eigenvalue weighted by Gasteiger charge is -2.36. The average molecular weight is 425 g/mol. The lowest BCUT2D eigenvalue weighted by atomic mass is 9.92. The quantitative estimate of drug-likeness (QED) is 0.542. The van der Waals surface area contributed by atoms with Crippen molar-refractivity contribution in [2.75, 3.05) is 44.2 Å². The van der Waals surface area contributed by atoms with Crippen LogP contribution >= 0.6 is 0 Å². The zero-order valence-electron chi connectivity index (χ0n) is 17.5. The molecule has 164 valence electrons. The molecule has 9 nitrogen and oxygen atoms in total. The van der Waals surface area contributed by atoms with Crippen molar-refractivity contribution >= 4 is 35.5 Å². The van der Waals surface area contributed by atoms with Gasteiger partial charge in [0.05, 0.1) is 0 Å². The van der Waals surface area contributed by atoms with Crippen LogP contribution in [-0.2, 0) is 19.2 Å². The Morgan fingerprint density at radius 1 is 1.10 bits per heavy atom. The van der Waals surface area contributed by atoms with Gasteiger partial charge in [-0.15, -0.1) is 0 Å². The standard InChI is InChI=1S/C22H27N5O4/c28-15-25-9-11-27(12-10-25)21(30)13-16-5-7-26(8-6-16)19-3-1-17(14-23-19)18-2-4-20(29)24-22(18)31/h1-3,14-16H,4-13H2,(H,24,29,31). The van der Waals surface area contributed by atoms with Gasteiger partial charge in [0.25, 0.3) is 5.91 Å². The van der Waals surface area contributed by atoms with Gasteiger partial charge in [-0.1, -0.05) is 6.08 Å². The van der Waals surface area contributed by atoms with E-state index in [2.05, 4.69) is 15.2 Å². The summed E-state index contributed by atoms with van der Waals surface area (Å²) in [5, 5.41) is 2.32. The molecule has 0 aliphatic carbocycles. The van der Waals surface area contributed by atoms with Crippen LogP contribution < -0.4 is 10.2 Å². The van der Waals surface area contributed by atoms with Crippen molar-refractivity contribution in [1.29, 1.82) is 0 Å². The predicted octanol–water partition coefficient (Wildman–Crippen LogP) is 0.419. The Bertz CT molecular complexity index is 882. The number of nitrogens with one attached hydrogen (secondary N) is 1. The number of carbonyl (C=O) groups is 4. The van der Waals surface area contributed by atoms with Gasteiger partial charge in [0.1, 0.15) is 5.82 Å². The Balaban J connectivity index is 1.27. The van der Waals surface area contributed by atoms with Crippen molar-refractivity contribution in [3.8, 4) is 0 Å². The van der Waals surface area contributed by atoms with Crippen LogP contribution in [0.5, 0.6) is 0 Å². The van der Waals surface area contributed by atoms with Gasteiger partial charge in [-0.25, -0.2) is 4.98 Å². The maximum atomic E-state index is 12.6. The molecule has 2 fully saturated rings. The van der Waals surface area contributed by atoms with Gasteiger partial charge in [-0.2, -0.15) is 0 Å². The summed E-state index contributed by atoms with van der Waals surface area (Å²) in [5.41, 5.74) is 1.17. The van der Waals surface area contributed by atoms with E-state index in [1.54, 1.807) is 17.2 Å². The minimum atomic E-state index is -0.385. The van der Waals surface area contributed by atoms with E-state index in [0.29, 0.717) is 49.7 Å². The number of amides is 4. The minimum Gasteiger partial charge on any atom is -0.357 e. The first-order chi connectivity index (χ1) is 15.0. The zero-order valence-corrected chi connectivity index (χ0v) is 17.5. The molecule has 0 radical (unpaired) electrons. The number of aromatic nitrogens is 1. The molecule has 3 aliphatic heterocycles. The summed E-state index contributed by atoms with van der Waals surface area (Å²) >= 11 is 0. The number of rotatable bonds is 5. The van der Waals surface area contributed by atoms with Gasteiger partial charge >= 0.3 is 0 Å².